The molecule has 122 valence electrons. The first kappa shape index (κ1) is 17.0. The van der Waals surface area contributed by atoms with E-state index in [2.05, 4.69) is 44.4 Å². The minimum absolute atomic E-state index is 0.171. The Kier molecular flexibility index (Phi) is 5.48. The number of carbonyl (C=O) groups is 1. The molecule has 2 fully saturated rings. The maximum atomic E-state index is 12.4. The number of rotatable bonds is 3. The highest BCUT2D eigenvalue weighted by molar-refractivity contribution is 5.86. The minimum atomic E-state index is -0.171. The van der Waals surface area contributed by atoms with E-state index >= 15 is 0 Å². The van der Waals surface area contributed by atoms with Crippen LogP contribution < -0.4 is 0 Å². The zero-order chi connectivity index (χ0) is 15.6. The molecule has 2 aliphatic rings. The number of hydrogen-bond donors (Lipinski definition) is 0. The Morgan fingerprint density at radius 2 is 1.48 bits per heavy atom. The number of piperidine rings is 2. The molecule has 2 rings (SSSR count). The summed E-state index contributed by atoms with van der Waals surface area (Å²) in [5.74, 6) is 0.772. The van der Waals surface area contributed by atoms with E-state index < -0.39 is 0 Å². The summed E-state index contributed by atoms with van der Waals surface area (Å²) in [6.07, 6.45) is 4.74. The Morgan fingerprint density at radius 3 is 1.90 bits per heavy atom. The summed E-state index contributed by atoms with van der Waals surface area (Å²) in [5, 5.41) is 0. The van der Waals surface area contributed by atoms with Crippen molar-refractivity contribution in [3.05, 3.63) is 0 Å². The summed E-state index contributed by atoms with van der Waals surface area (Å²) < 4.78 is 0. The van der Waals surface area contributed by atoms with Crippen molar-refractivity contribution >= 4 is 5.78 Å². The van der Waals surface area contributed by atoms with E-state index in [9.17, 15) is 4.79 Å². The maximum absolute atomic E-state index is 12.4. The molecule has 0 radical (unpaired) electrons. The lowest BCUT2D eigenvalue weighted by atomic mass is 9.78. The predicted molar refractivity (Wildman–Crippen MR) is 88.5 cm³/mol. The molecule has 0 spiro atoms. The van der Waals surface area contributed by atoms with E-state index in [1.165, 1.54) is 25.9 Å². The molecule has 3 nitrogen and oxygen atoms in total. The Labute approximate surface area is 131 Å². The molecule has 0 aromatic rings. The van der Waals surface area contributed by atoms with E-state index in [0.29, 0.717) is 17.7 Å². The van der Waals surface area contributed by atoms with Crippen LogP contribution in [0.4, 0.5) is 0 Å². The van der Waals surface area contributed by atoms with Crippen molar-refractivity contribution in [1.29, 1.82) is 0 Å². The van der Waals surface area contributed by atoms with Crippen molar-refractivity contribution in [1.82, 2.24) is 9.80 Å². The van der Waals surface area contributed by atoms with Crippen LogP contribution in [0.2, 0.25) is 0 Å². The number of Topliss-reactive ketones (excluding diaryl/α,β-unsaturated/α-hetero) is 1. The second-order valence-corrected chi connectivity index (χ2v) is 8.29. The summed E-state index contributed by atoms with van der Waals surface area (Å²) in [7, 11) is 0. The Bertz CT molecular complexity index is 343. The topological polar surface area (TPSA) is 23.6 Å². The van der Waals surface area contributed by atoms with Crippen molar-refractivity contribution in [3.8, 4) is 0 Å². The summed E-state index contributed by atoms with van der Waals surface area (Å²) in [5.41, 5.74) is -0.171. The quantitative estimate of drug-likeness (QED) is 0.798. The van der Waals surface area contributed by atoms with Gasteiger partial charge < -0.3 is 9.80 Å². The van der Waals surface area contributed by atoms with Gasteiger partial charge in [-0.15, -0.1) is 0 Å². The standard InChI is InChI=1S/C18H34N2O/c1-14(2)19-12-8-16(9-13-19)20-10-6-15(7-11-20)17(21)18(3,4)5/h14-16H,6-13H2,1-5H3. The van der Waals surface area contributed by atoms with Crippen LogP contribution in [0.1, 0.15) is 60.3 Å². The third kappa shape index (κ3) is 4.29. The highest BCUT2D eigenvalue weighted by Crippen LogP contribution is 2.29. The average Bonchev–Trinajstić information content (AvgIpc) is 2.46. The van der Waals surface area contributed by atoms with Gasteiger partial charge in [0.2, 0.25) is 0 Å². The van der Waals surface area contributed by atoms with Crippen molar-refractivity contribution in [2.45, 2.75) is 72.4 Å². The molecule has 3 heteroatoms. The molecule has 0 N–H and O–H groups in total. The molecule has 0 bridgehead atoms. The van der Waals surface area contributed by atoms with Crippen molar-refractivity contribution in [3.63, 3.8) is 0 Å². The molecule has 0 atom stereocenters. The van der Waals surface area contributed by atoms with Crippen LogP contribution in [-0.4, -0.2) is 53.8 Å². The van der Waals surface area contributed by atoms with Crippen LogP contribution in [-0.2, 0) is 4.79 Å². The lowest BCUT2D eigenvalue weighted by Crippen LogP contribution is -2.50. The third-order valence-corrected chi connectivity index (χ3v) is 5.39. The number of ketones is 1. The SMILES string of the molecule is CC(C)N1CCC(N2CCC(C(=O)C(C)(C)C)CC2)CC1. The van der Waals surface area contributed by atoms with Gasteiger partial charge in [-0.1, -0.05) is 20.8 Å². The van der Waals surface area contributed by atoms with Crippen molar-refractivity contribution < 1.29 is 4.79 Å². The highest BCUT2D eigenvalue weighted by atomic mass is 16.1. The van der Waals surface area contributed by atoms with Crippen LogP contribution in [0.3, 0.4) is 0 Å². The molecule has 2 saturated heterocycles. The monoisotopic (exact) mass is 294 g/mol. The van der Waals surface area contributed by atoms with Crippen LogP contribution >= 0.6 is 0 Å². The zero-order valence-electron chi connectivity index (χ0n) is 14.7. The van der Waals surface area contributed by atoms with E-state index in [0.717, 1.165) is 32.0 Å². The van der Waals surface area contributed by atoms with Gasteiger partial charge in [-0.25, -0.2) is 0 Å². The number of likely N-dealkylation sites (tertiary alicyclic amines) is 2. The van der Waals surface area contributed by atoms with Crippen LogP contribution in [0.15, 0.2) is 0 Å². The van der Waals surface area contributed by atoms with Gasteiger partial charge in [-0.2, -0.15) is 0 Å². The second-order valence-electron chi connectivity index (χ2n) is 8.29. The number of hydrogen-bond acceptors (Lipinski definition) is 3. The zero-order valence-corrected chi connectivity index (χ0v) is 14.7. The lowest BCUT2D eigenvalue weighted by Gasteiger charge is -2.43. The molecule has 0 unspecified atom stereocenters. The summed E-state index contributed by atoms with van der Waals surface area (Å²) in [4.78, 5) is 17.6. The molecular formula is C18H34N2O. The van der Waals surface area contributed by atoms with Gasteiger partial charge in [0.05, 0.1) is 0 Å². The number of nitrogens with zero attached hydrogens (tertiary/aromatic N) is 2. The fourth-order valence-electron chi connectivity index (χ4n) is 3.91. The Balaban J connectivity index is 1.79. The van der Waals surface area contributed by atoms with Crippen molar-refractivity contribution in [2.24, 2.45) is 11.3 Å². The van der Waals surface area contributed by atoms with Crippen molar-refractivity contribution in [2.75, 3.05) is 26.2 Å². The fourth-order valence-corrected chi connectivity index (χ4v) is 3.91. The van der Waals surface area contributed by atoms with Crippen LogP contribution in [0, 0.1) is 11.3 Å². The molecule has 2 heterocycles. The largest absolute Gasteiger partial charge is 0.301 e. The van der Waals surface area contributed by atoms with E-state index in [-0.39, 0.29) is 5.41 Å². The van der Waals surface area contributed by atoms with Gasteiger partial charge in [-0.3, -0.25) is 4.79 Å². The van der Waals surface area contributed by atoms with E-state index in [4.69, 9.17) is 0 Å². The molecular weight excluding hydrogens is 260 g/mol. The Hall–Kier alpha value is -0.410. The Morgan fingerprint density at radius 1 is 0.952 bits per heavy atom. The van der Waals surface area contributed by atoms with Gasteiger partial charge in [0.15, 0.2) is 0 Å². The first-order valence-corrected chi connectivity index (χ1v) is 8.81. The van der Waals surface area contributed by atoms with Crippen LogP contribution in [0.25, 0.3) is 0 Å². The average molecular weight is 294 g/mol. The number of carbonyl (C=O) groups excluding carboxylic acids is 1. The van der Waals surface area contributed by atoms with Gasteiger partial charge in [0.25, 0.3) is 0 Å². The third-order valence-electron chi connectivity index (χ3n) is 5.39. The first-order chi connectivity index (χ1) is 9.79. The second kappa shape index (κ2) is 6.78. The van der Waals surface area contributed by atoms with Gasteiger partial charge >= 0.3 is 0 Å². The van der Waals surface area contributed by atoms with Gasteiger partial charge in [-0.05, 0) is 65.7 Å². The van der Waals surface area contributed by atoms with E-state index in [1.54, 1.807) is 0 Å². The molecule has 2 aliphatic heterocycles. The first-order valence-electron chi connectivity index (χ1n) is 8.81. The van der Waals surface area contributed by atoms with Gasteiger partial charge in [0.1, 0.15) is 5.78 Å². The van der Waals surface area contributed by atoms with E-state index in [1.807, 2.05) is 0 Å². The molecule has 0 aromatic heterocycles. The summed E-state index contributed by atoms with van der Waals surface area (Å²) in [6, 6.07) is 1.44. The summed E-state index contributed by atoms with van der Waals surface area (Å²) in [6.45, 7) is 15.5. The van der Waals surface area contributed by atoms with Crippen LogP contribution in [0.5, 0.6) is 0 Å². The van der Waals surface area contributed by atoms with Gasteiger partial charge in [0, 0.05) is 23.4 Å². The minimum Gasteiger partial charge on any atom is -0.301 e. The molecule has 0 amide bonds. The molecule has 21 heavy (non-hydrogen) atoms. The lowest BCUT2D eigenvalue weighted by molar-refractivity contribution is -0.132. The highest BCUT2D eigenvalue weighted by Gasteiger charge is 2.34. The molecule has 0 saturated carbocycles. The summed E-state index contributed by atoms with van der Waals surface area (Å²) >= 11 is 0. The predicted octanol–water partition coefficient (Wildman–Crippen LogP) is 3.19. The normalized spacial score (nSPS) is 24.7. The maximum Gasteiger partial charge on any atom is 0.141 e. The smallest absolute Gasteiger partial charge is 0.141 e. The molecule has 0 aliphatic carbocycles. The fraction of sp³-hybridized carbons (Fsp3) is 0.944. The molecule has 0 aromatic carbocycles.